The number of hydrogen-bond acceptors (Lipinski definition) is 4. The second-order valence-electron chi connectivity index (χ2n) is 6.75. The highest BCUT2D eigenvalue weighted by Crippen LogP contribution is 2.36. The number of benzene rings is 1. The zero-order valence-electron chi connectivity index (χ0n) is 14.8. The lowest BCUT2D eigenvalue weighted by molar-refractivity contribution is -0.139. The fourth-order valence-corrected chi connectivity index (χ4v) is 4.44. The van der Waals surface area contributed by atoms with Crippen molar-refractivity contribution in [1.29, 1.82) is 0 Å². The van der Waals surface area contributed by atoms with Crippen LogP contribution in [0.5, 0.6) is 0 Å². The summed E-state index contributed by atoms with van der Waals surface area (Å²) in [6.45, 7) is 3.67. The first-order valence-electron chi connectivity index (χ1n) is 8.66. The first-order valence-corrected chi connectivity index (χ1v) is 9.54. The van der Waals surface area contributed by atoms with Gasteiger partial charge >= 0.3 is 12.1 Å². The van der Waals surface area contributed by atoms with Crippen molar-refractivity contribution in [3.63, 3.8) is 0 Å². The third kappa shape index (κ3) is 4.69. The first-order chi connectivity index (χ1) is 12.8. The molecule has 2 heterocycles. The van der Waals surface area contributed by atoms with Gasteiger partial charge in [-0.1, -0.05) is 18.2 Å². The van der Waals surface area contributed by atoms with Gasteiger partial charge in [0, 0.05) is 30.6 Å². The van der Waals surface area contributed by atoms with Gasteiger partial charge in [-0.3, -0.25) is 14.6 Å². The number of carboxylic acid groups (broad SMARTS) is 1. The molecule has 1 N–H and O–H groups in total. The van der Waals surface area contributed by atoms with Crippen molar-refractivity contribution in [2.75, 3.05) is 26.2 Å². The van der Waals surface area contributed by atoms with Gasteiger partial charge in [0.2, 0.25) is 0 Å². The molecule has 27 heavy (non-hydrogen) atoms. The van der Waals surface area contributed by atoms with Crippen LogP contribution in [0.1, 0.15) is 29.0 Å². The maximum Gasteiger partial charge on any atom is 0.416 e. The van der Waals surface area contributed by atoms with Gasteiger partial charge in [-0.15, -0.1) is 11.3 Å². The molecule has 0 bridgehead atoms. The minimum Gasteiger partial charge on any atom is -0.480 e. The quantitative estimate of drug-likeness (QED) is 0.829. The van der Waals surface area contributed by atoms with Crippen molar-refractivity contribution >= 4 is 17.3 Å². The summed E-state index contributed by atoms with van der Waals surface area (Å²) in [5.41, 5.74) is -0.0507. The lowest BCUT2D eigenvalue weighted by Gasteiger charge is -2.42. The number of hydrogen-bond donors (Lipinski definition) is 1. The van der Waals surface area contributed by atoms with Crippen LogP contribution in [0.4, 0.5) is 13.2 Å². The summed E-state index contributed by atoms with van der Waals surface area (Å²) < 4.78 is 39.5. The molecule has 3 rings (SSSR count). The second kappa shape index (κ2) is 8.00. The van der Waals surface area contributed by atoms with Crippen molar-refractivity contribution in [2.24, 2.45) is 0 Å². The minimum atomic E-state index is -4.39. The molecular weight excluding hydrogens is 377 g/mol. The number of aliphatic carboxylic acids is 1. The molecule has 0 saturated carbocycles. The Morgan fingerprint density at radius 1 is 1.30 bits per heavy atom. The van der Waals surface area contributed by atoms with E-state index in [1.165, 1.54) is 23.5 Å². The maximum atomic E-state index is 13.2. The fourth-order valence-electron chi connectivity index (χ4n) is 3.55. The number of rotatable bonds is 5. The number of halogens is 3. The predicted molar refractivity (Wildman–Crippen MR) is 97.8 cm³/mol. The Kier molecular flexibility index (Phi) is 5.88. The summed E-state index contributed by atoms with van der Waals surface area (Å²) in [5, 5.41) is 11.0. The topological polar surface area (TPSA) is 43.8 Å². The first kappa shape index (κ1) is 19.9. The standard InChI is InChI=1S/C19H21F3N2O2S/c1-13-11-24(8-7-23(13)12-17(25)26)18(16-6-3-9-27-16)14-4-2-5-15(10-14)19(20,21)22/h2-6,9-10,13,18H,7-8,11-12H2,1H3,(H,25,26)/t13-,18-/m1/s1. The summed E-state index contributed by atoms with van der Waals surface area (Å²) in [7, 11) is 0. The van der Waals surface area contributed by atoms with E-state index < -0.39 is 17.7 Å². The van der Waals surface area contributed by atoms with E-state index >= 15 is 0 Å². The van der Waals surface area contributed by atoms with E-state index in [2.05, 4.69) is 4.90 Å². The van der Waals surface area contributed by atoms with Gasteiger partial charge in [0.1, 0.15) is 0 Å². The van der Waals surface area contributed by atoms with E-state index in [9.17, 15) is 18.0 Å². The fraction of sp³-hybridized carbons (Fsp3) is 0.421. The summed E-state index contributed by atoms with van der Waals surface area (Å²) in [4.78, 5) is 16.0. The van der Waals surface area contributed by atoms with Crippen LogP contribution in [0.15, 0.2) is 41.8 Å². The van der Waals surface area contributed by atoms with Crippen LogP contribution in [-0.2, 0) is 11.0 Å². The average molecular weight is 398 g/mol. The van der Waals surface area contributed by atoms with Crippen molar-refractivity contribution < 1.29 is 23.1 Å². The Hall–Kier alpha value is -1.90. The van der Waals surface area contributed by atoms with Crippen LogP contribution in [0.2, 0.25) is 0 Å². The summed E-state index contributed by atoms with van der Waals surface area (Å²) in [6, 6.07) is 9.04. The second-order valence-corrected chi connectivity index (χ2v) is 7.73. The van der Waals surface area contributed by atoms with Crippen LogP contribution in [0, 0.1) is 0 Å². The Bertz CT molecular complexity index is 780. The molecule has 0 radical (unpaired) electrons. The summed E-state index contributed by atoms with van der Waals surface area (Å²) in [6.07, 6.45) is -4.39. The summed E-state index contributed by atoms with van der Waals surface area (Å²) in [5.74, 6) is -0.872. The molecule has 2 aromatic rings. The highest BCUT2D eigenvalue weighted by molar-refractivity contribution is 7.10. The van der Waals surface area contributed by atoms with E-state index in [1.54, 1.807) is 6.07 Å². The number of thiophene rings is 1. The lowest BCUT2D eigenvalue weighted by atomic mass is 9.99. The number of alkyl halides is 3. The van der Waals surface area contributed by atoms with Gasteiger partial charge in [0.25, 0.3) is 0 Å². The molecule has 0 aliphatic carbocycles. The third-order valence-corrected chi connectivity index (χ3v) is 5.77. The number of carbonyl (C=O) groups is 1. The largest absolute Gasteiger partial charge is 0.480 e. The Morgan fingerprint density at radius 3 is 2.67 bits per heavy atom. The van der Waals surface area contributed by atoms with Crippen molar-refractivity contribution in [1.82, 2.24) is 9.80 Å². The smallest absolute Gasteiger partial charge is 0.416 e. The Morgan fingerprint density at radius 2 is 2.07 bits per heavy atom. The highest BCUT2D eigenvalue weighted by Gasteiger charge is 2.34. The van der Waals surface area contributed by atoms with Crippen LogP contribution >= 0.6 is 11.3 Å². The molecule has 0 amide bonds. The SMILES string of the molecule is C[C@@H]1CN([C@H](c2cccc(C(F)(F)F)c2)c2cccs2)CCN1CC(=O)O. The van der Waals surface area contributed by atoms with Crippen LogP contribution in [-0.4, -0.2) is 53.1 Å². The van der Waals surface area contributed by atoms with Crippen molar-refractivity contribution in [3.05, 3.63) is 57.8 Å². The molecule has 1 aliphatic heterocycles. The number of piperazine rings is 1. The van der Waals surface area contributed by atoms with Gasteiger partial charge in [-0.25, -0.2) is 0 Å². The van der Waals surface area contributed by atoms with E-state index in [0.29, 0.717) is 25.2 Å². The zero-order chi connectivity index (χ0) is 19.6. The molecule has 1 aromatic heterocycles. The summed E-state index contributed by atoms with van der Waals surface area (Å²) >= 11 is 1.51. The van der Waals surface area contributed by atoms with E-state index in [1.807, 2.05) is 29.3 Å². The predicted octanol–water partition coefficient (Wildman–Crippen LogP) is 3.95. The lowest BCUT2D eigenvalue weighted by Crippen LogP contribution is -2.54. The molecule has 0 spiro atoms. The van der Waals surface area contributed by atoms with E-state index in [-0.39, 0.29) is 18.6 Å². The van der Waals surface area contributed by atoms with Gasteiger partial charge in [-0.05, 0) is 36.1 Å². The van der Waals surface area contributed by atoms with E-state index in [4.69, 9.17) is 5.11 Å². The molecule has 1 fully saturated rings. The number of nitrogens with zero attached hydrogens (tertiary/aromatic N) is 2. The van der Waals surface area contributed by atoms with Crippen molar-refractivity contribution in [2.45, 2.75) is 25.2 Å². The molecule has 0 unspecified atom stereocenters. The molecule has 1 aliphatic rings. The Labute approximate surface area is 159 Å². The van der Waals surface area contributed by atoms with Gasteiger partial charge < -0.3 is 5.11 Å². The molecule has 8 heteroatoms. The van der Waals surface area contributed by atoms with Crippen LogP contribution < -0.4 is 0 Å². The van der Waals surface area contributed by atoms with Gasteiger partial charge in [-0.2, -0.15) is 13.2 Å². The molecule has 2 atom stereocenters. The minimum absolute atomic E-state index is 0.00288. The molecule has 1 aromatic carbocycles. The Balaban J connectivity index is 1.89. The highest BCUT2D eigenvalue weighted by atomic mass is 32.1. The average Bonchev–Trinajstić information content (AvgIpc) is 3.11. The van der Waals surface area contributed by atoms with Crippen LogP contribution in [0.25, 0.3) is 0 Å². The van der Waals surface area contributed by atoms with Crippen molar-refractivity contribution in [3.8, 4) is 0 Å². The normalized spacial score (nSPS) is 20.5. The van der Waals surface area contributed by atoms with Gasteiger partial charge in [0.05, 0.1) is 18.2 Å². The number of carboxylic acids is 1. The zero-order valence-corrected chi connectivity index (χ0v) is 15.6. The molecular formula is C19H21F3N2O2S. The van der Waals surface area contributed by atoms with E-state index in [0.717, 1.165) is 10.9 Å². The maximum absolute atomic E-state index is 13.2. The molecule has 146 valence electrons. The van der Waals surface area contributed by atoms with Gasteiger partial charge in [0.15, 0.2) is 0 Å². The molecule has 4 nitrogen and oxygen atoms in total. The monoisotopic (exact) mass is 398 g/mol. The molecule has 1 saturated heterocycles. The third-order valence-electron chi connectivity index (χ3n) is 4.84. The van der Waals surface area contributed by atoms with Crippen LogP contribution in [0.3, 0.4) is 0 Å².